The standard InChI is InChI=1S/C8H13F3N2O/c1-5(14)13-6-2-3-7(12-4-6)8(9,10)11/h6-7,12H,2-4H2,1H3,(H,13,14). The van der Waals surface area contributed by atoms with Crippen LogP contribution in [0.15, 0.2) is 0 Å². The molecule has 1 aliphatic heterocycles. The molecule has 2 unspecified atom stereocenters. The predicted molar refractivity (Wildman–Crippen MR) is 44.7 cm³/mol. The Kier molecular flexibility index (Phi) is 3.36. The van der Waals surface area contributed by atoms with Crippen LogP contribution in [0.5, 0.6) is 0 Å². The minimum atomic E-state index is -4.18. The molecule has 0 radical (unpaired) electrons. The molecule has 0 aliphatic carbocycles. The number of hydrogen-bond acceptors (Lipinski definition) is 2. The summed E-state index contributed by atoms with van der Waals surface area (Å²) in [4.78, 5) is 10.6. The van der Waals surface area contributed by atoms with Gasteiger partial charge in [0.1, 0.15) is 6.04 Å². The molecule has 2 atom stereocenters. The summed E-state index contributed by atoms with van der Waals surface area (Å²) < 4.78 is 36.5. The monoisotopic (exact) mass is 210 g/mol. The van der Waals surface area contributed by atoms with E-state index >= 15 is 0 Å². The number of piperidine rings is 1. The van der Waals surface area contributed by atoms with Crippen LogP contribution in [0.3, 0.4) is 0 Å². The van der Waals surface area contributed by atoms with Gasteiger partial charge in [0.25, 0.3) is 0 Å². The maximum Gasteiger partial charge on any atom is 0.403 e. The van der Waals surface area contributed by atoms with Crippen LogP contribution in [0.1, 0.15) is 19.8 Å². The van der Waals surface area contributed by atoms with E-state index in [1.165, 1.54) is 6.92 Å². The minimum Gasteiger partial charge on any atom is -0.352 e. The molecule has 0 aromatic carbocycles. The van der Waals surface area contributed by atoms with E-state index in [4.69, 9.17) is 0 Å². The van der Waals surface area contributed by atoms with Crippen molar-refractivity contribution in [3.05, 3.63) is 0 Å². The lowest BCUT2D eigenvalue weighted by molar-refractivity contribution is -0.161. The number of hydrogen-bond donors (Lipinski definition) is 2. The van der Waals surface area contributed by atoms with Gasteiger partial charge in [0, 0.05) is 19.5 Å². The topological polar surface area (TPSA) is 41.1 Å². The third-order valence-corrected chi connectivity index (χ3v) is 2.22. The van der Waals surface area contributed by atoms with Crippen LogP contribution >= 0.6 is 0 Å². The van der Waals surface area contributed by atoms with Crippen molar-refractivity contribution in [3.63, 3.8) is 0 Å². The van der Waals surface area contributed by atoms with Crippen molar-refractivity contribution >= 4 is 5.91 Å². The minimum absolute atomic E-state index is 0.0223. The number of amides is 1. The highest BCUT2D eigenvalue weighted by atomic mass is 19.4. The van der Waals surface area contributed by atoms with Gasteiger partial charge < -0.3 is 10.6 Å². The highest BCUT2D eigenvalue weighted by Gasteiger charge is 2.41. The molecule has 0 spiro atoms. The molecule has 0 aromatic rings. The van der Waals surface area contributed by atoms with Crippen LogP contribution in [0, 0.1) is 0 Å². The molecule has 3 nitrogen and oxygen atoms in total. The van der Waals surface area contributed by atoms with Gasteiger partial charge in [0.2, 0.25) is 5.91 Å². The number of nitrogens with one attached hydrogen (secondary N) is 2. The summed E-state index contributed by atoms with van der Waals surface area (Å²) in [5.41, 5.74) is 0. The summed E-state index contributed by atoms with van der Waals surface area (Å²) in [6.45, 7) is 1.54. The Morgan fingerprint density at radius 1 is 1.43 bits per heavy atom. The Bertz CT molecular complexity index is 209. The lowest BCUT2D eigenvalue weighted by Gasteiger charge is -2.31. The van der Waals surface area contributed by atoms with Gasteiger partial charge in [-0.15, -0.1) is 0 Å². The van der Waals surface area contributed by atoms with Crippen LogP contribution in [0.2, 0.25) is 0 Å². The summed E-state index contributed by atoms with van der Waals surface area (Å²) in [6.07, 6.45) is -3.79. The van der Waals surface area contributed by atoms with Crippen molar-refractivity contribution in [2.45, 2.75) is 38.0 Å². The second kappa shape index (κ2) is 4.16. The fourth-order valence-electron chi connectivity index (χ4n) is 1.55. The van der Waals surface area contributed by atoms with Gasteiger partial charge in [-0.25, -0.2) is 0 Å². The van der Waals surface area contributed by atoms with Crippen molar-refractivity contribution in [2.24, 2.45) is 0 Å². The molecule has 0 aromatic heterocycles. The predicted octanol–water partition coefficient (Wildman–Crippen LogP) is 0.805. The van der Waals surface area contributed by atoms with E-state index in [0.29, 0.717) is 6.42 Å². The lowest BCUT2D eigenvalue weighted by Crippen LogP contribution is -2.53. The summed E-state index contributed by atoms with van der Waals surface area (Å²) in [7, 11) is 0. The third-order valence-electron chi connectivity index (χ3n) is 2.22. The van der Waals surface area contributed by atoms with Gasteiger partial charge in [-0.3, -0.25) is 4.79 Å². The molecular formula is C8H13F3N2O. The second-order valence-corrected chi connectivity index (χ2v) is 3.48. The number of rotatable bonds is 1. The summed E-state index contributed by atoms with van der Waals surface area (Å²) >= 11 is 0. The van der Waals surface area contributed by atoms with E-state index in [1.807, 2.05) is 0 Å². The Morgan fingerprint density at radius 3 is 2.43 bits per heavy atom. The molecule has 14 heavy (non-hydrogen) atoms. The summed E-state index contributed by atoms with van der Waals surface area (Å²) in [6, 6.07) is -1.60. The van der Waals surface area contributed by atoms with E-state index in [2.05, 4.69) is 10.6 Å². The van der Waals surface area contributed by atoms with Crippen molar-refractivity contribution in [2.75, 3.05) is 6.54 Å². The van der Waals surface area contributed by atoms with E-state index in [-0.39, 0.29) is 24.9 Å². The molecule has 1 fully saturated rings. The Balaban J connectivity index is 2.35. The Labute approximate surface area is 80.0 Å². The zero-order valence-electron chi connectivity index (χ0n) is 7.82. The molecule has 1 saturated heterocycles. The molecule has 1 amide bonds. The first-order valence-electron chi connectivity index (χ1n) is 4.47. The van der Waals surface area contributed by atoms with Crippen LogP contribution in [0.25, 0.3) is 0 Å². The normalized spacial score (nSPS) is 28.6. The molecule has 6 heteroatoms. The molecule has 0 saturated carbocycles. The molecule has 1 heterocycles. The molecule has 2 N–H and O–H groups in total. The quantitative estimate of drug-likeness (QED) is 0.672. The van der Waals surface area contributed by atoms with Crippen LogP contribution in [0.4, 0.5) is 13.2 Å². The van der Waals surface area contributed by atoms with E-state index in [9.17, 15) is 18.0 Å². The van der Waals surface area contributed by atoms with Crippen molar-refractivity contribution in [1.29, 1.82) is 0 Å². The summed E-state index contributed by atoms with van der Waals surface area (Å²) in [5, 5.41) is 4.96. The smallest absolute Gasteiger partial charge is 0.352 e. The van der Waals surface area contributed by atoms with Crippen molar-refractivity contribution in [3.8, 4) is 0 Å². The second-order valence-electron chi connectivity index (χ2n) is 3.48. The zero-order chi connectivity index (χ0) is 10.8. The van der Waals surface area contributed by atoms with E-state index in [1.54, 1.807) is 0 Å². The largest absolute Gasteiger partial charge is 0.403 e. The van der Waals surface area contributed by atoms with Gasteiger partial charge in [-0.2, -0.15) is 13.2 Å². The molecule has 1 aliphatic rings. The molecule has 1 rings (SSSR count). The van der Waals surface area contributed by atoms with Gasteiger partial charge in [-0.05, 0) is 12.8 Å². The maximum atomic E-state index is 12.2. The first kappa shape index (κ1) is 11.3. The van der Waals surface area contributed by atoms with Crippen molar-refractivity contribution < 1.29 is 18.0 Å². The van der Waals surface area contributed by atoms with Gasteiger partial charge in [-0.1, -0.05) is 0 Å². The number of alkyl halides is 3. The SMILES string of the molecule is CC(=O)NC1CCC(C(F)(F)F)NC1. The van der Waals surface area contributed by atoms with Crippen LogP contribution in [-0.4, -0.2) is 30.7 Å². The maximum absolute atomic E-state index is 12.2. The van der Waals surface area contributed by atoms with E-state index < -0.39 is 12.2 Å². The fourth-order valence-corrected chi connectivity index (χ4v) is 1.55. The Hall–Kier alpha value is -0.780. The van der Waals surface area contributed by atoms with Crippen LogP contribution in [-0.2, 0) is 4.79 Å². The highest BCUT2D eigenvalue weighted by molar-refractivity contribution is 5.73. The summed E-state index contributed by atoms with van der Waals surface area (Å²) in [5.74, 6) is -0.206. The van der Waals surface area contributed by atoms with Crippen LogP contribution < -0.4 is 10.6 Å². The number of halogens is 3. The molecule has 82 valence electrons. The average molecular weight is 210 g/mol. The number of carbonyl (C=O) groups excluding carboxylic acids is 1. The van der Waals surface area contributed by atoms with E-state index in [0.717, 1.165) is 0 Å². The third kappa shape index (κ3) is 3.17. The van der Waals surface area contributed by atoms with Gasteiger partial charge in [0.15, 0.2) is 0 Å². The number of carbonyl (C=O) groups is 1. The van der Waals surface area contributed by atoms with Gasteiger partial charge >= 0.3 is 6.18 Å². The highest BCUT2D eigenvalue weighted by Crippen LogP contribution is 2.25. The first-order valence-corrected chi connectivity index (χ1v) is 4.47. The first-order chi connectivity index (χ1) is 6.39. The van der Waals surface area contributed by atoms with Gasteiger partial charge in [0.05, 0.1) is 0 Å². The average Bonchev–Trinajstić information content (AvgIpc) is 2.02. The lowest BCUT2D eigenvalue weighted by atomic mass is 10.0. The molecule has 0 bridgehead atoms. The fraction of sp³-hybridized carbons (Fsp3) is 0.875. The van der Waals surface area contributed by atoms with Crippen molar-refractivity contribution in [1.82, 2.24) is 10.6 Å². The Morgan fingerprint density at radius 2 is 2.07 bits per heavy atom. The zero-order valence-corrected chi connectivity index (χ0v) is 7.82. The molecular weight excluding hydrogens is 197 g/mol.